The van der Waals surface area contributed by atoms with E-state index in [9.17, 15) is 17.6 Å². The number of nitrogens with one attached hydrogen (secondary N) is 1. The van der Waals surface area contributed by atoms with Gasteiger partial charge >= 0.3 is 6.18 Å². The number of halogens is 5. The first kappa shape index (κ1) is 15.2. The van der Waals surface area contributed by atoms with E-state index in [1.54, 1.807) is 0 Å². The molecule has 2 rings (SSSR count). The topological polar surface area (TPSA) is 38.0 Å². The first-order valence-corrected chi connectivity index (χ1v) is 6.71. The molecule has 1 unspecified atom stereocenters. The largest absolute Gasteiger partial charge is 0.417 e. The van der Waals surface area contributed by atoms with E-state index in [2.05, 4.69) is 5.43 Å². The highest BCUT2D eigenvalue weighted by molar-refractivity contribution is 7.08. The summed E-state index contributed by atoms with van der Waals surface area (Å²) < 4.78 is 52.6. The van der Waals surface area contributed by atoms with Gasteiger partial charge in [-0.1, -0.05) is 23.7 Å². The van der Waals surface area contributed by atoms with Crippen molar-refractivity contribution >= 4 is 22.9 Å². The SMILES string of the molecule is NNC(c1cscc1C(F)(F)F)c1cccc(Cl)c1F. The molecule has 1 aromatic heterocycles. The van der Waals surface area contributed by atoms with Gasteiger partial charge in [0.2, 0.25) is 0 Å². The van der Waals surface area contributed by atoms with Crippen molar-refractivity contribution in [1.82, 2.24) is 5.43 Å². The molecule has 0 amide bonds. The average Bonchev–Trinajstić information content (AvgIpc) is 2.84. The van der Waals surface area contributed by atoms with E-state index < -0.39 is 23.6 Å². The fourth-order valence-corrected chi connectivity index (χ4v) is 2.92. The van der Waals surface area contributed by atoms with Crippen LogP contribution >= 0.6 is 22.9 Å². The molecule has 0 saturated heterocycles. The molecule has 1 aromatic carbocycles. The molecule has 3 N–H and O–H groups in total. The maximum Gasteiger partial charge on any atom is 0.417 e. The van der Waals surface area contributed by atoms with Crippen molar-refractivity contribution in [3.05, 3.63) is 56.5 Å². The summed E-state index contributed by atoms with van der Waals surface area (Å²) in [4.78, 5) is 0. The Labute approximate surface area is 121 Å². The highest BCUT2D eigenvalue weighted by Gasteiger charge is 2.36. The third-order valence-electron chi connectivity index (χ3n) is 2.77. The Morgan fingerprint density at radius 1 is 1.20 bits per heavy atom. The Morgan fingerprint density at radius 3 is 2.50 bits per heavy atom. The molecule has 1 heterocycles. The van der Waals surface area contributed by atoms with E-state index in [-0.39, 0.29) is 16.1 Å². The molecule has 0 fully saturated rings. The summed E-state index contributed by atoms with van der Waals surface area (Å²) in [5, 5.41) is 2.07. The first-order chi connectivity index (χ1) is 9.36. The predicted octanol–water partition coefficient (Wildman–Crippen LogP) is 4.11. The molecule has 1 atom stereocenters. The minimum atomic E-state index is -4.53. The van der Waals surface area contributed by atoms with Crippen LogP contribution in [0, 0.1) is 5.82 Å². The zero-order valence-electron chi connectivity index (χ0n) is 9.84. The van der Waals surface area contributed by atoms with Crippen LogP contribution in [0.3, 0.4) is 0 Å². The third kappa shape index (κ3) is 2.80. The molecule has 2 nitrogen and oxygen atoms in total. The molecule has 0 aliphatic carbocycles. The maximum absolute atomic E-state index is 14.0. The second-order valence-corrected chi connectivity index (χ2v) is 5.13. The Kier molecular flexibility index (Phi) is 4.33. The Balaban J connectivity index is 2.54. The van der Waals surface area contributed by atoms with Crippen LogP contribution in [0.5, 0.6) is 0 Å². The van der Waals surface area contributed by atoms with Gasteiger partial charge in [-0.25, -0.2) is 9.82 Å². The van der Waals surface area contributed by atoms with E-state index in [1.165, 1.54) is 23.6 Å². The van der Waals surface area contributed by atoms with Crippen molar-refractivity contribution in [1.29, 1.82) is 0 Å². The number of hydrogen-bond donors (Lipinski definition) is 2. The summed E-state index contributed by atoms with van der Waals surface area (Å²) in [5.74, 6) is 4.51. The summed E-state index contributed by atoms with van der Waals surface area (Å²) in [6.45, 7) is 0. The fraction of sp³-hybridized carbons (Fsp3) is 0.167. The Bertz CT molecular complexity index is 612. The number of thiophene rings is 1. The van der Waals surface area contributed by atoms with Crippen LogP contribution < -0.4 is 11.3 Å². The molecule has 0 aliphatic heterocycles. The second kappa shape index (κ2) is 5.69. The fourth-order valence-electron chi connectivity index (χ4n) is 1.85. The summed E-state index contributed by atoms with van der Waals surface area (Å²) >= 11 is 6.51. The molecule has 2 aromatic rings. The van der Waals surface area contributed by atoms with Crippen molar-refractivity contribution in [2.24, 2.45) is 5.84 Å². The molecule has 20 heavy (non-hydrogen) atoms. The van der Waals surface area contributed by atoms with E-state index >= 15 is 0 Å². The number of benzene rings is 1. The van der Waals surface area contributed by atoms with Crippen LogP contribution in [0.1, 0.15) is 22.7 Å². The molecule has 0 saturated carbocycles. The van der Waals surface area contributed by atoms with E-state index in [0.29, 0.717) is 0 Å². The second-order valence-electron chi connectivity index (χ2n) is 3.98. The summed E-state index contributed by atoms with van der Waals surface area (Å²) in [6.07, 6.45) is -4.53. The minimum Gasteiger partial charge on any atom is -0.271 e. The van der Waals surface area contributed by atoms with Crippen LogP contribution in [0.4, 0.5) is 17.6 Å². The highest BCUT2D eigenvalue weighted by Crippen LogP contribution is 2.39. The Hall–Kier alpha value is -1.15. The van der Waals surface area contributed by atoms with Crippen LogP contribution in [-0.2, 0) is 6.18 Å². The lowest BCUT2D eigenvalue weighted by molar-refractivity contribution is -0.138. The lowest BCUT2D eigenvalue weighted by Gasteiger charge is -2.19. The molecule has 8 heteroatoms. The molecule has 0 radical (unpaired) electrons. The third-order valence-corrected chi connectivity index (χ3v) is 3.82. The minimum absolute atomic E-state index is 0.0381. The zero-order chi connectivity index (χ0) is 14.9. The number of hydrogen-bond acceptors (Lipinski definition) is 3. The van der Waals surface area contributed by atoms with Gasteiger partial charge in [0.15, 0.2) is 0 Å². The van der Waals surface area contributed by atoms with Gasteiger partial charge in [0, 0.05) is 10.9 Å². The monoisotopic (exact) mass is 324 g/mol. The molecule has 0 bridgehead atoms. The van der Waals surface area contributed by atoms with Crippen molar-refractivity contribution in [2.45, 2.75) is 12.2 Å². The maximum atomic E-state index is 14.0. The molecular formula is C12H9ClF4N2S. The normalized spacial score (nSPS) is 13.5. The van der Waals surface area contributed by atoms with Crippen LogP contribution in [0.15, 0.2) is 29.0 Å². The average molecular weight is 325 g/mol. The lowest BCUT2D eigenvalue weighted by atomic mass is 9.98. The number of nitrogens with two attached hydrogens (primary N) is 1. The van der Waals surface area contributed by atoms with Crippen LogP contribution in [0.25, 0.3) is 0 Å². The highest BCUT2D eigenvalue weighted by atomic mass is 35.5. The summed E-state index contributed by atoms with van der Waals surface area (Å²) in [5.41, 5.74) is 1.20. The van der Waals surface area contributed by atoms with Gasteiger partial charge in [-0.2, -0.15) is 24.5 Å². The van der Waals surface area contributed by atoms with Gasteiger partial charge < -0.3 is 0 Å². The zero-order valence-corrected chi connectivity index (χ0v) is 11.4. The smallest absolute Gasteiger partial charge is 0.271 e. The molecule has 108 valence electrons. The Morgan fingerprint density at radius 2 is 1.90 bits per heavy atom. The number of alkyl halides is 3. The van der Waals surface area contributed by atoms with Crippen molar-refractivity contribution in [2.75, 3.05) is 0 Å². The standard InChI is InChI=1S/C12H9ClF4N2S/c13-9-3-1-2-6(10(9)14)11(19-18)7-4-20-5-8(7)12(15,16)17/h1-5,11,19H,18H2. The van der Waals surface area contributed by atoms with Crippen molar-refractivity contribution in [3.63, 3.8) is 0 Å². The van der Waals surface area contributed by atoms with Crippen LogP contribution in [-0.4, -0.2) is 0 Å². The number of hydrazine groups is 1. The quantitative estimate of drug-likeness (QED) is 0.506. The van der Waals surface area contributed by atoms with E-state index in [0.717, 1.165) is 16.7 Å². The first-order valence-electron chi connectivity index (χ1n) is 5.39. The van der Waals surface area contributed by atoms with Gasteiger partial charge in [0.25, 0.3) is 0 Å². The molecular weight excluding hydrogens is 316 g/mol. The van der Waals surface area contributed by atoms with Gasteiger partial charge in [-0.15, -0.1) is 0 Å². The van der Waals surface area contributed by atoms with Gasteiger partial charge in [-0.05, 0) is 17.0 Å². The van der Waals surface area contributed by atoms with Crippen molar-refractivity contribution < 1.29 is 17.6 Å². The number of rotatable bonds is 3. The summed E-state index contributed by atoms with van der Waals surface area (Å²) in [7, 11) is 0. The van der Waals surface area contributed by atoms with E-state index in [4.69, 9.17) is 17.4 Å². The molecule has 0 spiro atoms. The van der Waals surface area contributed by atoms with Crippen molar-refractivity contribution in [3.8, 4) is 0 Å². The van der Waals surface area contributed by atoms with Gasteiger partial charge in [-0.3, -0.25) is 5.84 Å². The molecule has 0 aliphatic rings. The van der Waals surface area contributed by atoms with Crippen LogP contribution in [0.2, 0.25) is 5.02 Å². The summed E-state index contributed by atoms with van der Waals surface area (Å²) in [6, 6.07) is 2.97. The van der Waals surface area contributed by atoms with Gasteiger partial charge in [0.05, 0.1) is 16.6 Å². The van der Waals surface area contributed by atoms with E-state index in [1.807, 2.05) is 0 Å². The lowest BCUT2D eigenvalue weighted by Crippen LogP contribution is -2.30. The predicted molar refractivity (Wildman–Crippen MR) is 69.9 cm³/mol. The van der Waals surface area contributed by atoms with Gasteiger partial charge in [0.1, 0.15) is 5.82 Å².